The molecule has 0 heterocycles. The van der Waals surface area contributed by atoms with Gasteiger partial charge in [-0.15, -0.1) is 0 Å². The van der Waals surface area contributed by atoms with E-state index >= 15 is 0 Å². The zero-order valence-corrected chi connectivity index (χ0v) is 8.70. The van der Waals surface area contributed by atoms with Gasteiger partial charge in [-0.25, -0.2) is 0 Å². The molecule has 72 valence electrons. The van der Waals surface area contributed by atoms with Crippen LogP contribution in [0, 0.1) is 13.8 Å². The molecule has 0 saturated carbocycles. The van der Waals surface area contributed by atoms with Gasteiger partial charge < -0.3 is 10.0 Å². The normalized spacial score (nSPS) is 8.77. The Labute approximate surface area is 80.4 Å². The third kappa shape index (κ3) is 3.21. The molecule has 0 amide bonds. The number of rotatable bonds is 1. The van der Waals surface area contributed by atoms with E-state index in [4.69, 9.17) is 10.0 Å². The molecule has 0 saturated heterocycles. The Bertz CT molecular complexity index is 259. The SMILES string of the molecule is CC.Cc1cccc(B(O)O)c1C. The highest BCUT2D eigenvalue weighted by Gasteiger charge is 2.13. The highest BCUT2D eigenvalue weighted by Crippen LogP contribution is 2.02. The molecule has 0 spiro atoms. The van der Waals surface area contributed by atoms with Gasteiger partial charge in [-0.05, 0) is 30.4 Å². The van der Waals surface area contributed by atoms with E-state index < -0.39 is 7.12 Å². The Balaban J connectivity index is 0.000000671. The Morgan fingerprint density at radius 3 is 2.00 bits per heavy atom. The van der Waals surface area contributed by atoms with Gasteiger partial charge >= 0.3 is 7.12 Å². The molecule has 0 aliphatic carbocycles. The summed E-state index contributed by atoms with van der Waals surface area (Å²) in [5, 5.41) is 17.8. The summed E-state index contributed by atoms with van der Waals surface area (Å²) in [6, 6.07) is 5.48. The maximum absolute atomic E-state index is 8.88. The Kier molecular flexibility index (Phi) is 5.43. The Hall–Kier alpha value is -0.795. The monoisotopic (exact) mass is 180 g/mol. The van der Waals surface area contributed by atoms with E-state index in [9.17, 15) is 0 Å². The Morgan fingerprint density at radius 2 is 1.62 bits per heavy atom. The van der Waals surface area contributed by atoms with E-state index in [1.807, 2.05) is 39.8 Å². The first kappa shape index (κ1) is 12.2. The van der Waals surface area contributed by atoms with E-state index in [1.165, 1.54) is 0 Å². The van der Waals surface area contributed by atoms with Gasteiger partial charge in [-0.3, -0.25) is 0 Å². The van der Waals surface area contributed by atoms with Crippen LogP contribution in [0.3, 0.4) is 0 Å². The van der Waals surface area contributed by atoms with Crippen molar-refractivity contribution in [3.8, 4) is 0 Å². The van der Waals surface area contributed by atoms with Crippen LogP contribution >= 0.6 is 0 Å². The fourth-order valence-electron chi connectivity index (χ4n) is 1.05. The summed E-state index contributed by atoms with van der Waals surface area (Å²) in [4.78, 5) is 0. The van der Waals surface area contributed by atoms with E-state index in [2.05, 4.69) is 0 Å². The van der Waals surface area contributed by atoms with Gasteiger partial charge in [0.1, 0.15) is 0 Å². The first-order valence-electron chi connectivity index (χ1n) is 4.55. The summed E-state index contributed by atoms with van der Waals surface area (Å²) in [5.74, 6) is 0. The van der Waals surface area contributed by atoms with Crippen LogP contribution in [0.4, 0.5) is 0 Å². The predicted molar refractivity (Wildman–Crippen MR) is 57.1 cm³/mol. The molecule has 3 heteroatoms. The van der Waals surface area contributed by atoms with Crippen LogP contribution in [0.15, 0.2) is 18.2 Å². The Morgan fingerprint density at radius 1 is 1.08 bits per heavy atom. The fraction of sp³-hybridized carbons (Fsp3) is 0.400. The van der Waals surface area contributed by atoms with Crippen LogP contribution in [0.2, 0.25) is 0 Å². The van der Waals surface area contributed by atoms with Crippen molar-refractivity contribution in [3.05, 3.63) is 29.3 Å². The predicted octanol–water partition coefficient (Wildman–Crippen LogP) is 1.01. The minimum Gasteiger partial charge on any atom is -0.423 e. The smallest absolute Gasteiger partial charge is 0.423 e. The van der Waals surface area contributed by atoms with E-state index in [1.54, 1.807) is 6.07 Å². The topological polar surface area (TPSA) is 40.5 Å². The van der Waals surface area contributed by atoms with Crippen molar-refractivity contribution in [1.29, 1.82) is 0 Å². The second-order valence-electron chi connectivity index (χ2n) is 2.66. The fourth-order valence-corrected chi connectivity index (χ4v) is 1.05. The van der Waals surface area contributed by atoms with Gasteiger partial charge in [0.15, 0.2) is 0 Å². The van der Waals surface area contributed by atoms with Gasteiger partial charge in [0.2, 0.25) is 0 Å². The molecule has 1 aromatic rings. The maximum Gasteiger partial charge on any atom is 0.488 e. The first-order chi connectivity index (χ1) is 6.13. The summed E-state index contributed by atoms with van der Waals surface area (Å²) in [6.45, 7) is 7.82. The van der Waals surface area contributed by atoms with E-state index in [0.29, 0.717) is 5.46 Å². The molecule has 2 N–H and O–H groups in total. The van der Waals surface area contributed by atoms with Crippen molar-refractivity contribution < 1.29 is 10.0 Å². The van der Waals surface area contributed by atoms with Gasteiger partial charge in [0.25, 0.3) is 0 Å². The highest BCUT2D eigenvalue weighted by atomic mass is 16.4. The maximum atomic E-state index is 8.88. The van der Waals surface area contributed by atoms with Crippen molar-refractivity contribution in [1.82, 2.24) is 0 Å². The van der Waals surface area contributed by atoms with Crippen LogP contribution in [0.5, 0.6) is 0 Å². The molecule has 1 rings (SSSR count). The summed E-state index contributed by atoms with van der Waals surface area (Å²) in [7, 11) is -1.35. The van der Waals surface area contributed by atoms with E-state index in [-0.39, 0.29) is 0 Å². The zero-order chi connectivity index (χ0) is 10.4. The molecule has 0 atom stereocenters. The highest BCUT2D eigenvalue weighted by molar-refractivity contribution is 6.59. The standard InChI is InChI=1S/C8H11BO2.C2H6/c1-6-4-3-5-8(7(6)2)9(10)11;1-2/h3-5,10-11H,1-2H3;1-2H3. The molecule has 0 aromatic heterocycles. The van der Waals surface area contributed by atoms with Gasteiger partial charge in [0.05, 0.1) is 0 Å². The van der Waals surface area contributed by atoms with Crippen LogP contribution in [-0.2, 0) is 0 Å². The molecule has 0 radical (unpaired) electrons. The summed E-state index contributed by atoms with van der Waals surface area (Å²) in [5.41, 5.74) is 2.61. The van der Waals surface area contributed by atoms with Crippen molar-refractivity contribution >= 4 is 12.6 Å². The molecule has 1 aromatic carbocycles. The second-order valence-corrected chi connectivity index (χ2v) is 2.66. The minimum absolute atomic E-state index is 0.588. The molecule has 0 unspecified atom stereocenters. The molecular weight excluding hydrogens is 163 g/mol. The van der Waals surface area contributed by atoms with Gasteiger partial charge in [-0.1, -0.05) is 32.0 Å². The number of hydrogen-bond donors (Lipinski definition) is 2. The average Bonchev–Trinajstić information content (AvgIpc) is 2.13. The van der Waals surface area contributed by atoms with Gasteiger partial charge in [-0.2, -0.15) is 0 Å². The quantitative estimate of drug-likeness (QED) is 0.633. The molecular formula is C10H17BO2. The van der Waals surface area contributed by atoms with Crippen molar-refractivity contribution in [2.45, 2.75) is 27.7 Å². The zero-order valence-electron chi connectivity index (χ0n) is 8.70. The van der Waals surface area contributed by atoms with Crippen molar-refractivity contribution in [3.63, 3.8) is 0 Å². The van der Waals surface area contributed by atoms with Crippen LogP contribution < -0.4 is 5.46 Å². The van der Waals surface area contributed by atoms with E-state index in [0.717, 1.165) is 11.1 Å². The van der Waals surface area contributed by atoms with Gasteiger partial charge in [0, 0.05) is 0 Å². The molecule has 13 heavy (non-hydrogen) atoms. The molecule has 0 aliphatic heterocycles. The lowest BCUT2D eigenvalue weighted by Gasteiger charge is -2.05. The third-order valence-electron chi connectivity index (χ3n) is 1.92. The summed E-state index contributed by atoms with van der Waals surface area (Å²) >= 11 is 0. The average molecular weight is 180 g/mol. The largest absolute Gasteiger partial charge is 0.488 e. The summed E-state index contributed by atoms with van der Waals surface area (Å²) < 4.78 is 0. The molecule has 2 nitrogen and oxygen atoms in total. The molecule has 0 fully saturated rings. The molecule has 0 bridgehead atoms. The molecule has 0 aliphatic rings. The van der Waals surface area contributed by atoms with Crippen molar-refractivity contribution in [2.24, 2.45) is 0 Å². The van der Waals surface area contributed by atoms with Crippen molar-refractivity contribution in [2.75, 3.05) is 0 Å². The third-order valence-corrected chi connectivity index (χ3v) is 1.92. The first-order valence-corrected chi connectivity index (χ1v) is 4.55. The summed E-state index contributed by atoms with van der Waals surface area (Å²) in [6.07, 6.45) is 0. The minimum atomic E-state index is -1.35. The lowest BCUT2D eigenvalue weighted by molar-refractivity contribution is 0.425. The number of hydrogen-bond acceptors (Lipinski definition) is 2. The lowest BCUT2D eigenvalue weighted by Crippen LogP contribution is -2.32. The number of benzene rings is 1. The number of aryl methyl sites for hydroxylation is 1. The second kappa shape index (κ2) is 5.78. The lowest BCUT2D eigenvalue weighted by atomic mass is 9.76. The van der Waals surface area contributed by atoms with Crippen LogP contribution in [0.1, 0.15) is 25.0 Å². The van der Waals surface area contributed by atoms with Crippen LogP contribution in [-0.4, -0.2) is 17.2 Å². The van der Waals surface area contributed by atoms with Crippen LogP contribution in [0.25, 0.3) is 0 Å².